The van der Waals surface area contributed by atoms with Gasteiger partial charge in [0.2, 0.25) is 5.91 Å². The van der Waals surface area contributed by atoms with E-state index < -0.39 is 0 Å². The van der Waals surface area contributed by atoms with Gasteiger partial charge in [-0.3, -0.25) is 4.79 Å². The summed E-state index contributed by atoms with van der Waals surface area (Å²) in [5.41, 5.74) is 7.56. The molecule has 6 heteroatoms. The van der Waals surface area contributed by atoms with Crippen LogP contribution in [0.3, 0.4) is 0 Å². The lowest BCUT2D eigenvalue weighted by Crippen LogP contribution is -2.53. The van der Waals surface area contributed by atoms with E-state index in [1.54, 1.807) is 11.8 Å². The lowest BCUT2D eigenvalue weighted by molar-refractivity contribution is -0.120. The first-order valence-electron chi connectivity index (χ1n) is 6.97. The van der Waals surface area contributed by atoms with Gasteiger partial charge in [-0.05, 0) is 39.5 Å². The van der Waals surface area contributed by atoms with Crippen LogP contribution in [-0.2, 0) is 10.5 Å². The van der Waals surface area contributed by atoms with Crippen LogP contribution in [0, 0.1) is 19.8 Å². The zero-order valence-corrected chi connectivity index (χ0v) is 13.2. The number of rotatable bonds is 7. The third-order valence-electron chi connectivity index (χ3n) is 3.99. The van der Waals surface area contributed by atoms with Gasteiger partial charge in [-0.1, -0.05) is 5.16 Å². The molecular formula is C14H23N3O2S. The van der Waals surface area contributed by atoms with Crippen LogP contribution in [0.25, 0.3) is 0 Å². The van der Waals surface area contributed by atoms with Gasteiger partial charge in [-0.15, -0.1) is 11.8 Å². The fourth-order valence-electron chi connectivity index (χ4n) is 2.35. The molecule has 0 saturated heterocycles. The fraction of sp³-hybridized carbons (Fsp3) is 0.714. The maximum atomic E-state index is 12.0. The molecule has 112 valence electrons. The first-order valence-corrected chi connectivity index (χ1v) is 8.12. The summed E-state index contributed by atoms with van der Waals surface area (Å²) >= 11 is 1.58. The van der Waals surface area contributed by atoms with Crippen LogP contribution in [0.5, 0.6) is 0 Å². The van der Waals surface area contributed by atoms with Crippen LogP contribution >= 0.6 is 11.8 Å². The number of hydrogen-bond donors (Lipinski definition) is 2. The Morgan fingerprint density at radius 2 is 2.25 bits per heavy atom. The van der Waals surface area contributed by atoms with Crippen molar-refractivity contribution in [3.63, 3.8) is 0 Å². The quantitative estimate of drug-likeness (QED) is 0.801. The van der Waals surface area contributed by atoms with Gasteiger partial charge in [0, 0.05) is 17.9 Å². The van der Waals surface area contributed by atoms with E-state index in [0.717, 1.165) is 22.8 Å². The minimum absolute atomic E-state index is 0.0570. The summed E-state index contributed by atoms with van der Waals surface area (Å²) in [5.74, 6) is 2.62. The molecule has 0 aliphatic heterocycles. The molecule has 0 radical (unpaired) electrons. The van der Waals surface area contributed by atoms with Gasteiger partial charge in [-0.25, -0.2) is 0 Å². The standard InChI is InChI=1S/C14H23N3O2S/c1-9-12(10(2)19-17-9)6-20-7-13(18)16-14(3,8-15)11-4-5-11/h11H,4-8,15H2,1-3H3,(H,16,18). The van der Waals surface area contributed by atoms with Crippen LogP contribution in [0.2, 0.25) is 0 Å². The molecule has 1 unspecified atom stereocenters. The van der Waals surface area contributed by atoms with Crippen molar-refractivity contribution < 1.29 is 9.32 Å². The lowest BCUT2D eigenvalue weighted by atomic mass is 9.96. The highest BCUT2D eigenvalue weighted by atomic mass is 32.2. The Bertz CT molecular complexity index is 465. The van der Waals surface area contributed by atoms with E-state index in [2.05, 4.69) is 10.5 Å². The summed E-state index contributed by atoms with van der Waals surface area (Å²) in [5, 5.41) is 7.00. The molecule has 0 bridgehead atoms. The number of nitrogens with zero attached hydrogens (tertiary/aromatic N) is 1. The van der Waals surface area contributed by atoms with E-state index in [4.69, 9.17) is 10.3 Å². The van der Waals surface area contributed by atoms with Crippen molar-refractivity contribution in [2.24, 2.45) is 11.7 Å². The van der Waals surface area contributed by atoms with Gasteiger partial charge in [0.15, 0.2) is 0 Å². The molecule has 1 atom stereocenters. The number of amides is 1. The van der Waals surface area contributed by atoms with Gasteiger partial charge in [0.25, 0.3) is 0 Å². The molecule has 0 spiro atoms. The summed E-state index contributed by atoms with van der Waals surface area (Å²) in [7, 11) is 0. The van der Waals surface area contributed by atoms with E-state index in [-0.39, 0.29) is 11.4 Å². The maximum absolute atomic E-state index is 12.0. The molecule has 1 aromatic rings. The van der Waals surface area contributed by atoms with Crippen LogP contribution in [0.15, 0.2) is 4.52 Å². The molecular weight excluding hydrogens is 274 g/mol. The molecule has 0 aromatic carbocycles. The summed E-state index contributed by atoms with van der Waals surface area (Å²) in [6, 6.07) is 0. The van der Waals surface area contributed by atoms with E-state index >= 15 is 0 Å². The van der Waals surface area contributed by atoms with Crippen molar-refractivity contribution in [2.45, 2.75) is 44.9 Å². The van der Waals surface area contributed by atoms with Crippen LogP contribution in [0.1, 0.15) is 36.8 Å². The Balaban J connectivity index is 1.78. The maximum Gasteiger partial charge on any atom is 0.230 e. The van der Waals surface area contributed by atoms with Gasteiger partial charge in [-0.2, -0.15) is 0 Å². The molecule has 1 fully saturated rings. The average Bonchev–Trinajstić information content (AvgIpc) is 3.21. The van der Waals surface area contributed by atoms with Crippen LogP contribution in [-0.4, -0.2) is 28.9 Å². The monoisotopic (exact) mass is 297 g/mol. The highest BCUT2D eigenvalue weighted by Gasteiger charge is 2.41. The first kappa shape index (κ1) is 15.4. The van der Waals surface area contributed by atoms with Gasteiger partial charge in [0.1, 0.15) is 5.76 Å². The Hall–Kier alpha value is -1.01. The molecule has 1 aliphatic carbocycles. The van der Waals surface area contributed by atoms with Gasteiger partial charge >= 0.3 is 0 Å². The molecule has 1 heterocycles. The molecule has 1 aromatic heterocycles. The number of aromatic nitrogens is 1. The molecule has 20 heavy (non-hydrogen) atoms. The van der Waals surface area contributed by atoms with Crippen molar-refractivity contribution in [2.75, 3.05) is 12.3 Å². The summed E-state index contributed by atoms with van der Waals surface area (Å²) in [4.78, 5) is 12.0. The van der Waals surface area contributed by atoms with Crippen molar-refractivity contribution in [1.82, 2.24) is 10.5 Å². The largest absolute Gasteiger partial charge is 0.361 e. The van der Waals surface area contributed by atoms with Gasteiger partial charge in [0.05, 0.1) is 17.0 Å². The lowest BCUT2D eigenvalue weighted by Gasteiger charge is -2.29. The SMILES string of the molecule is Cc1noc(C)c1CSCC(=O)NC(C)(CN)C1CC1. The predicted molar refractivity (Wildman–Crippen MR) is 80.5 cm³/mol. The third kappa shape index (κ3) is 3.55. The van der Waals surface area contributed by atoms with Gasteiger partial charge < -0.3 is 15.6 Å². The smallest absolute Gasteiger partial charge is 0.230 e. The first-order chi connectivity index (χ1) is 9.46. The minimum Gasteiger partial charge on any atom is -0.361 e. The fourth-order valence-corrected chi connectivity index (χ4v) is 3.32. The van der Waals surface area contributed by atoms with E-state index in [1.165, 1.54) is 12.8 Å². The van der Waals surface area contributed by atoms with Crippen LogP contribution in [0.4, 0.5) is 0 Å². The number of nitrogens with two attached hydrogens (primary N) is 1. The number of carbonyl (C=O) groups excluding carboxylic acids is 1. The minimum atomic E-state index is -0.235. The van der Waals surface area contributed by atoms with E-state index in [9.17, 15) is 4.79 Å². The highest BCUT2D eigenvalue weighted by Crippen LogP contribution is 2.39. The van der Waals surface area contributed by atoms with Crippen molar-refractivity contribution in [1.29, 1.82) is 0 Å². The second-order valence-electron chi connectivity index (χ2n) is 5.74. The summed E-state index contributed by atoms with van der Waals surface area (Å²) in [6.45, 7) is 6.36. The second kappa shape index (κ2) is 6.18. The van der Waals surface area contributed by atoms with Crippen molar-refractivity contribution >= 4 is 17.7 Å². The molecule has 2 rings (SSSR count). The topological polar surface area (TPSA) is 81.2 Å². The number of thioether (sulfide) groups is 1. The molecule has 1 aliphatic rings. The normalized spacial score (nSPS) is 17.8. The van der Waals surface area contributed by atoms with E-state index in [1.807, 2.05) is 20.8 Å². The second-order valence-corrected chi connectivity index (χ2v) is 6.73. The molecule has 5 nitrogen and oxygen atoms in total. The van der Waals surface area contributed by atoms with E-state index in [0.29, 0.717) is 18.2 Å². The van der Waals surface area contributed by atoms with Crippen LogP contribution < -0.4 is 11.1 Å². The van der Waals surface area contributed by atoms with Crippen molar-refractivity contribution in [3.8, 4) is 0 Å². The summed E-state index contributed by atoms with van der Waals surface area (Å²) < 4.78 is 5.11. The number of carbonyl (C=O) groups is 1. The predicted octanol–water partition coefficient (Wildman–Crippen LogP) is 1.77. The Kier molecular flexibility index (Phi) is 4.75. The number of hydrogen-bond acceptors (Lipinski definition) is 5. The molecule has 3 N–H and O–H groups in total. The molecule has 1 saturated carbocycles. The molecule has 1 amide bonds. The summed E-state index contributed by atoms with van der Waals surface area (Å²) in [6.07, 6.45) is 2.33. The zero-order chi connectivity index (χ0) is 14.8. The Morgan fingerprint density at radius 3 is 2.75 bits per heavy atom. The Labute approximate surface area is 124 Å². The average molecular weight is 297 g/mol. The number of aryl methyl sites for hydroxylation is 2. The Morgan fingerprint density at radius 1 is 1.55 bits per heavy atom. The zero-order valence-electron chi connectivity index (χ0n) is 12.4. The third-order valence-corrected chi connectivity index (χ3v) is 4.95. The number of nitrogens with one attached hydrogen (secondary N) is 1. The van der Waals surface area contributed by atoms with Crippen molar-refractivity contribution in [3.05, 3.63) is 17.0 Å². The highest BCUT2D eigenvalue weighted by molar-refractivity contribution is 7.99.